The van der Waals surface area contributed by atoms with Crippen LogP contribution in [0.3, 0.4) is 0 Å². The normalized spacial score (nSPS) is 20.6. The molecule has 1 aliphatic heterocycles. The first kappa shape index (κ1) is 13.5. The number of H-pyrrole nitrogens is 1. The Morgan fingerprint density at radius 1 is 1.15 bits per heavy atom. The number of methoxy groups -OCH3 is 1. The quantitative estimate of drug-likeness (QED) is 0.849. The van der Waals surface area contributed by atoms with Crippen molar-refractivity contribution in [1.82, 2.24) is 10.2 Å². The number of fused-ring (bicyclic) bond motifs is 1. The van der Waals surface area contributed by atoms with Crippen molar-refractivity contribution < 1.29 is 14.0 Å². The van der Waals surface area contributed by atoms with Crippen molar-refractivity contribution in [2.75, 3.05) is 7.11 Å². The van der Waals surface area contributed by atoms with E-state index >= 15 is 0 Å². The molecule has 20 heavy (non-hydrogen) atoms. The van der Waals surface area contributed by atoms with Gasteiger partial charge in [-0.1, -0.05) is 0 Å². The zero-order valence-corrected chi connectivity index (χ0v) is 12.5. The molecular weight excluding hydrogens is 255 g/mol. The molecule has 3 rings (SSSR count). The fourth-order valence-electron chi connectivity index (χ4n) is 2.32. The molecule has 1 N–H and O–H groups in total. The molecule has 1 aliphatic rings. The van der Waals surface area contributed by atoms with Gasteiger partial charge in [0.1, 0.15) is 5.75 Å². The van der Waals surface area contributed by atoms with Crippen LogP contribution in [0.4, 0.5) is 0 Å². The van der Waals surface area contributed by atoms with Crippen molar-refractivity contribution in [3.05, 3.63) is 18.3 Å². The number of nitrogens with zero attached hydrogens (tertiary/aromatic N) is 1. The van der Waals surface area contributed by atoms with Gasteiger partial charge in [0.05, 0.1) is 30.0 Å². The minimum Gasteiger partial charge on any atom is -0.497 e. The topological polar surface area (TPSA) is 56.4 Å². The van der Waals surface area contributed by atoms with Crippen LogP contribution in [0.1, 0.15) is 27.7 Å². The lowest BCUT2D eigenvalue weighted by Gasteiger charge is -2.32. The average molecular weight is 274 g/mol. The Bertz CT molecular complexity index is 635. The van der Waals surface area contributed by atoms with Crippen LogP contribution < -0.4 is 10.2 Å². The first-order valence-electron chi connectivity index (χ1n) is 6.71. The molecule has 1 fully saturated rings. The van der Waals surface area contributed by atoms with Crippen molar-refractivity contribution in [2.24, 2.45) is 0 Å². The molecular formula is C14H19BN2O3. The minimum atomic E-state index is -0.436. The lowest BCUT2D eigenvalue weighted by atomic mass is 9.78. The summed E-state index contributed by atoms with van der Waals surface area (Å²) in [5.74, 6) is 0.736. The number of aromatic amines is 1. The largest absolute Gasteiger partial charge is 0.498 e. The SMILES string of the molecule is COc1cc2[nH]ncc2cc1B1OC(C)(C)C(C)(C)O1. The highest BCUT2D eigenvalue weighted by Crippen LogP contribution is 2.37. The van der Waals surface area contributed by atoms with E-state index in [0.29, 0.717) is 0 Å². The number of hydrogen-bond donors (Lipinski definition) is 1. The fourth-order valence-corrected chi connectivity index (χ4v) is 2.32. The third-order valence-corrected chi connectivity index (χ3v) is 4.30. The van der Waals surface area contributed by atoms with Crippen molar-refractivity contribution in [1.29, 1.82) is 0 Å². The van der Waals surface area contributed by atoms with Crippen LogP contribution >= 0.6 is 0 Å². The summed E-state index contributed by atoms with van der Waals surface area (Å²) >= 11 is 0. The lowest BCUT2D eigenvalue weighted by molar-refractivity contribution is 0.00578. The van der Waals surface area contributed by atoms with Crippen LogP contribution in [0.15, 0.2) is 18.3 Å². The number of aromatic nitrogens is 2. The maximum atomic E-state index is 6.09. The van der Waals surface area contributed by atoms with Gasteiger partial charge in [0.25, 0.3) is 0 Å². The molecule has 0 spiro atoms. The second kappa shape index (κ2) is 4.23. The van der Waals surface area contributed by atoms with Gasteiger partial charge in [-0.05, 0) is 33.8 Å². The first-order chi connectivity index (χ1) is 9.34. The monoisotopic (exact) mass is 274 g/mol. The number of benzene rings is 1. The summed E-state index contributed by atoms with van der Waals surface area (Å²) in [6, 6.07) is 3.92. The smallest absolute Gasteiger partial charge is 0.497 e. The summed E-state index contributed by atoms with van der Waals surface area (Å²) in [4.78, 5) is 0. The summed E-state index contributed by atoms with van der Waals surface area (Å²) < 4.78 is 17.6. The molecule has 0 unspecified atom stereocenters. The number of nitrogens with one attached hydrogen (secondary N) is 1. The Morgan fingerprint density at radius 2 is 1.80 bits per heavy atom. The Balaban J connectivity index is 2.06. The molecule has 6 heteroatoms. The fraction of sp³-hybridized carbons (Fsp3) is 0.500. The van der Waals surface area contributed by atoms with E-state index in [9.17, 15) is 0 Å². The Kier molecular flexibility index (Phi) is 2.85. The average Bonchev–Trinajstić information content (AvgIpc) is 2.89. The highest BCUT2D eigenvalue weighted by molar-refractivity contribution is 6.63. The molecule has 2 heterocycles. The molecule has 0 atom stereocenters. The van der Waals surface area contributed by atoms with Gasteiger partial charge in [0.2, 0.25) is 0 Å². The van der Waals surface area contributed by atoms with Gasteiger partial charge in [-0.25, -0.2) is 0 Å². The molecule has 1 saturated heterocycles. The third-order valence-electron chi connectivity index (χ3n) is 4.30. The van der Waals surface area contributed by atoms with E-state index in [1.54, 1.807) is 13.3 Å². The second-order valence-corrected chi connectivity index (χ2v) is 6.14. The molecule has 1 aromatic carbocycles. The molecule has 0 bridgehead atoms. The van der Waals surface area contributed by atoms with Gasteiger partial charge in [0, 0.05) is 16.9 Å². The minimum absolute atomic E-state index is 0.367. The van der Waals surface area contributed by atoms with Crippen molar-refractivity contribution >= 4 is 23.5 Å². The zero-order valence-electron chi connectivity index (χ0n) is 12.5. The summed E-state index contributed by atoms with van der Waals surface area (Å²) in [6.45, 7) is 8.15. The van der Waals surface area contributed by atoms with E-state index in [2.05, 4.69) is 10.2 Å². The standard InChI is InChI=1S/C14H19BN2O3/c1-13(2)14(3,4)20-15(19-13)10-6-9-8-16-17-11(9)7-12(10)18-5/h6-8H,1-5H3,(H,16,17). The highest BCUT2D eigenvalue weighted by Gasteiger charge is 2.52. The zero-order chi connectivity index (χ0) is 14.5. The molecule has 5 nitrogen and oxygen atoms in total. The van der Waals surface area contributed by atoms with E-state index in [0.717, 1.165) is 22.1 Å². The predicted molar refractivity (Wildman–Crippen MR) is 78.4 cm³/mol. The Hall–Kier alpha value is -1.53. The lowest BCUT2D eigenvalue weighted by Crippen LogP contribution is -2.41. The number of hydrogen-bond acceptors (Lipinski definition) is 4. The van der Waals surface area contributed by atoms with Crippen LogP contribution in [-0.2, 0) is 9.31 Å². The van der Waals surface area contributed by atoms with E-state index in [1.807, 2.05) is 39.8 Å². The van der Waals surface area contributed by atoms with Gasteiger partial charge in [-0.15, -0.1) is 0 Å². The second-order valence-electron chi connectivity index (χ2n) is 6.14. The van der Waals surface area contributed by atoms with Gasteiger partial charge in [0.15, 0.2) is 0 Å². The summed E-state index contributed by atoms with van der Waals surface area (Å²) in [6.07, 6.45) is 1.78. The first-order valence-corrected chi connectivity index (χ1v) is 6.71. The predicted octanol–water partition coefficient (Wildman–Crippen LogP) is 1.87. The van der Waals surface area contributed by atoms with Crippen molar-refractivity contribution in [3.63, 3.8) is 0 Å². The summed E-state index contributed by atoms with van der Waals surface area (Å²) in [5, 5.41) is 7.98. The van der Waals surface area contributed by atoms with Crippen molar-refractivity contribution in [3.8, 4) is 5.75 Å². The van der Waals surface area contributed by atoms with Gasteiger partial charge in [-0.2, -0.15) is 5.10 Å². The van der Waals surface area contributed by atoms with Gasteiger partial charge in [-0.3, -0.25) is 5.10 Å². The maximum Gasteiger partial charge on any atom is 0.498 e. The van der Waals surface area contributed by atoms with Crippen LogP contribution in [0.2, 0.25) is 0 Å². The third kappa shape index (κ3) is 1.91. The maximum absolute atomic E-state index is 6.09. The van der Waals surface area contributed by atoms with E-state index in [-0.39, 0.29) is 11.2 Å². The molecule has 0 saturated carbocycles. The van der Waals surface area contributed by atoms with Gasteiger partial charge >= 0.3 is 7.12 Å². The Morgan fingerprint density at radius 3 is 2.40 bits per heavy atom. The molecule has 2 aromatic rings. The molecule has 0 amide bonds. The molecule has 0 radical (unpaired) electrons. The Labute approximate surface area is 118 Å². The summed E-state index contributed by atoms with van der Waals surface area (Å²) in [7, 11) is 1.21. The molecule has 0 aliphatic carbocycles. The van der Waals surface area contributed by atoms with Gasteiger partial charge < -0.3 is 14.0 Å². The van der Waals surface area contributed by atoms with Crippen LogP contribution in [0, 0.1) is 0 Å². The number of rotatable bonds is 2. The van der Waals surface area contributed by atoms with E-state index in [4.69, 9.17) is 14.0 Å². The number of ether oxygens (including phenoxy) is 1. The van der Waals surface area contributed by atoms with Crippen LogP contribution in [0.25, 0.3) is 10.9 Å². The highest BCUT2D eigenvalue weighted by atomic mass is 16.7. The van der Waals surface area contributed by atoms with Crippen LogP contribution in [-0.4, -0.2) is 35.6 Å². The molecule has 1 aromatic heterocycles. The summed E-state index contributed by atoms with van der Waals surface area (Å²) in [5.41, 5.74) is 1.09. The van der Waals surface area contributed by atoms with E-state index in [1.165, 1.54) is 0 Å². The molecule has 106 valence electrons. The van der Waals surface area contributed by atoms with E-state index < -0.39 is 7.12 Å². The van der Waals surface area contributed by atoms with Crippen molar-refractivity contribution in [2.45, 2.75) is 38.9 Å². The van der Waals surface area contributed by atoms with Crippen LogP contribution in [0.5, 0.6) is 5.75 Å².